The Balaban J connectivity index is 1.48. The Hall–Kier alpha value is -2.73. The van der Waals surface area contributed by atoms with Crippen LogP contribution in [0, 0.1) is 0 Å². The third-order valence-corrected chi connectivity index (χ3v) is 4.86. The molecule has 1 aliphatic rings. The van der Waals surface area contributed by atoms with Crippen LogP contribution >= 0.6 is 0 Å². The van der Waals surface area contributed by atoms with Crippen LogP contribution in [0.2, 0.25) is 0 Å². The van der Waals surface area contributed by atoms with Crippen molar-refractivity contribution >= 4 is 0 Å². The van der Waals surface area contributed by atoms with Gasteiger partial charge in [-0.1, -0.05) is 24.3 Å². The maximum atomic E-state index is 6.06. The van der Waals surface area contributed by atoms with Gasteiger partial charge >= 0.3 is 0 Å². The van der Waals surface area contributed by atoms with Crippen molar-refractivity contribution in [2.45, 2.75) is 32.0 Å². The number of likely N-dealkylation sites (tertiary alicyclic amines) is 1. The van der Waals surface area contributed by atoms with Crippen LogP contribution in [-0.2, 0) is 20.2 Å². The molecule has 26 heavy (non-hydrogen) atoms. The van der Waals surface area contributed by atoms with Gasteiger partial charge in [0.05, 0.1) is 11.7 Å². The van der Waals surface area contributed by atoms with E-state index < -0.39 is 0 Å². The minimum atomic E-state index is 0.311. The van der Waals surface area contributed by atoms with E-state index in [1.165, 1.54) is 12.0 Å². The van der Waals surface area contributed by atoms with Gasteiger partial charge in [-0.25, -0.2) is 0 Å². The maximum Gasteiger partial charge on any atom is 0.149 e. The van der Waals surface area contributed by atoms with Crippen LogP contribution in [0.25, 0.3) is 0 Å². The molecule has 3 aromatic rings. The Kier molecular flexibility index (Phi) is 4.93. The summed E-state index contributed by atoms with van der Waals surface area (Å²) >= 11 is 0. The standard InChI is InChI=1S/C20H23N5O/c1-24-15-22-23-20(24)18-9-6-12-25(18)13-16-7-2-3-10-19(16)26-14-17-8-4-5-11-21-17/h2-5,7-8,10-11,15,18H,6,9,12-14H2,1H3. The summed E-state index contributed by atoms with van der Waals surface area (Å²) < 4.78 is 8.08. The summed E-state index contributed by atoms with van der Waals surface area (Å²) in [5.41, 5.74) is 2.12. The predicted molar refractivity (Wildman–Crippen MR) is 98.4 cm³/mol. The quantitative estimate of drug-likeness (QED) is 0.684. The number of nitrogens with zero attached hydrogens (tertiary/aromatic N) is 5. The molecule has 0 amide bonds. The fourth-order valence-electron chi connectivity index (χ4n) is 3.53. The summed E-state index contributed by atoms with van der Waals surface area (Å²) in [5.74, 6) is 1.95. The fourth-order valence-corrected chi connectivity index (χ4v) is 3.53. The molecule has 6 nitrogen and oxygen atoms in total. The molecule has 1 fully saturated rings. The van der Waals surface area contributed by atoms with Crippen LogP contribution in [0.1, 0.15) is 36.0 Å². The van der Waals surface area contributed by atoms with E-state index in [-0.39, 0.29) is 0 Å². The van der Waals surface area contributed by atoms with Gasteiger partial charge in [-0.3, -0.25) is 9.88 Å². The van der Waals surface area contributed by atoms with Gasteiger partial charge < -0.3 is 9.30 Å². The van der Waals surface area contributed by atoms with Crippen molar-refractivity contribution in [1.82, 2.24) is 24.6 Å². The molecule has 0 aliphatic carbocycles. The smallest absolute Gasteiger partial charge is 0.149 e. The highest BCUT2D eigenvalue weighted by Gasteiger charge is 2.29. The number of benzene rings is 1. The second-order valence-corrected chi connectivity index (χ2v) is 6.65. The first-order valence-electron chi connectivity index (χ1n) is 9.00. The van der Waals surface area contributed by atoms with Crippen molar-refractivity contribution in [2.75, 3.05) is 6.54 Å². The van der Waals surface area contributed by atoms with Gasteiger partial charge in [-0.2, -0.15) is 0 Å². The molecule has 0 bridgehead atoms. The van der Waals surface area contributed by atoms with Gasteiger partial charge in [0, 0.05) is 25.4 Å². The molecular weight excluding hydrogens is 326 g/mol. The molecule has 1 aromatic carbocycles. The number of aryl methyl sites for hydroxylation is 1. The first-order valence-corrected chi connectivity index (χ1v) is 9.00. The Labute approximate surface area is 153 Å². The molecule has 134 valence electrons. The molecule has 4 rings (SSSR count). The van der Waals surface area contributed by atoms with Gasteiger partial charge in [0.15, 0.2) is 0 Å². The molecule has 6 heteroatoms. The third-order valence-electron chi connectivity index (χ3n) is 4.86. The first-order chi connectivity index (χ1) is 12.8. The average molecular weight is 349 g/mol. The van der Waals surface area contributed by atoms with E-state index in [2.05, 4.69) is 32.2 Å². The summed E-state index contributed by atoms with van der Waals surface area (Å²) in [4.78, 5) is 6.79. The number of hydrogen-bond donors (Lipinski definition) is 0. The van der Waals surface area contributed by atoms with E-state index in [0.717, 1.165) is 36.8 Å². The SMILES string of the molecule is Cn1cnnc1C1CCCN1Cc1ccccc1OCc1ccccn1. The summed E-state index contributed by atoms with van der Waals surface area (Å²) in [5, 5.41) is 8.36. The second-order valence-electron chi connectivity index (χ2n) is 6.65. The lowest BCUT2D eigenvalue weighted by Crippen LogP contribution is -2.25. The van der Waals surface area contributed by atoms with E-state index in [4.69, 9.17) is 4.74 Å². The van der Waals surface area contributed by atoms with Crippen LogP contribution in [-0.4, -0.2) is 31.2 Å². The molecular formula is C20H23N5O. The van der Waals surface area contributed by atoms with Gasteiger partial charge in [0.2, 0.25) is 0 Å². The Morgan fingerprint density at radius 1 is 1.15 bits per heavy atom. The van der Waals surface area contributed by atoms with Crippen molar-refractivity contribution in [3.8, 4) is 5.75 Å². The molecule has 1 saturated heterocycles. The van der Waals surface area contributed by atoms with Crippen molar-refractivity contribution in [1.29, 1.82) is 0 Å². The van der Waals surface area contributed by atoms with E-state index in [0.29, 0.717) is 12.6 Å². The number of aromatic nitrogens is 4. The van der Waals surface area contributed by atoms with Crippen LogP contribution < -0.4 is 4.74 Å². The van der Waals surface area contributed by atoms with E-state index in [9.17, 15) is 0 Å². The number of ether oxygens (including phenoxy) is 1. The monoisotopic (exact) mass is 349 g/mol. The van der Waals surface area contributed by atoms with Crippen LogP contribution in [0.15, 0.2) is 55.0 Å². The largest absolute Gasteiger partial charge is 0.487 e. The highest BCUT2D eigenvalue weighted by molar-refractivity contribution is 5.33. The maximum absolute atomic E-state index is 6.06. The van der Waals surface area contributed by atoms with Crippen molar-refractivity contribution in [3.63, 3.8) is 0 Å². The lowest BCUT2D eigenvalue weighted by Gasteiger charge is -2.24. The molecule has 0 saturated carbocycles. The van der Waals surface area contributed by atoms with Crippen LogP contribution in [0.3, 0.4) is 0 Å². The van der Waals surface area contributed by atoms with E-state index in [1.54, 1.807) is 12.5 Å². The highest BCUT2D eigenvalue weighted by atomic mass is 16.5. The summed E-state index contributed by atoms with van der Waals surface area (Å²) in [6.45, 7) is 2.38. The molecule has 3 heterocycles. The number of hydrogen-bond acceptors (Lipinski definition) is 5. The zero-order chi connectivity index (χ0) is 17.8. The van der Waals surface area contributed by atoms with Crippen molar-refractivity contribution in [2.24, 2.45) is 7.05 Å². The van der Waals surface area contributed by atoms with E-state index >= 15 is 0 Å². The summed E-state index contributed by atoms with van der Waals surface area (Å²) in [6, 6.07) is 14.4. The molecule has 1 atom stereocenters. The minimum absolute atomic E-state index is 0.311. The number of rotatable bonds is 6. The minimum Gasteiger partial charge on any atom is -0.487 e. The Morgan fingerprint density at radius 3 is 2.85 bits per heavy atom. The Morgan fingerprint density at radius 2 is 2.04 bits per heavy atom. The molecule has 1 aliphatic heterocycles. The average Bonchev–Trinajstić information content (AvgIpc) is 3.30. The summed E-state index contributed by atoms with van der Waals surface area (Å²) in [6.07, 6.45) is 5.86. The predicted octanol–water partition coefficient (Wildman–Crippen LogP) is 3.13. The van der Waals surface area contributed by atoms with Gasteiger partial charge in [-0.15, -0.1) is 10.2 Å². The zero-order valence-corrected chi connectivity index (χ0v) is 15.0. The first kappa shape index (κ1) is 16.7. The van der Waals surface area contributed by atoms with Crippen molar-refractivity contribution < 1.29 is 4.74 Å². The molecule has 1 unspecified atom stereocenters. The second kappa shape index (κ2) is 7.66. The third kappa shape index (κ3) is 3.60. The highest BCUT2D eigenvalue weighted by Crippen LogP contribution is 2.33. The molecule has 0 radical (unpaired) electrons. The normalized spacial score (nSPS) is 17.5. The number of pyridine rings is 1. The molecule has 2 aromatic heterocycles. The number of para-hydroxylation sites is 1. The molecule has 0 N–H and O–H groups in total. The van der Waals surface area contributed by atoms with E-state index in [1.807, 2.05) is 41.9 Å². The summed E-state index contributed by atoms with van der Waals surface area (Å²) in [7, 11) is 2.01. The lowest BCUT2D eigenvalue weighted by atomic mass is 10.1. The Bertz CT molecular complexity index is 848. The molecule has 0 spiro atoms. The van der Waals surface area contributed by atoms with Gasteiger partial charge in [0.1, 0.15) is 24.5 Å². The van der Waals surface area contributed by atoms with Crippen LogP contribution in [0.4, 0.5) is 0 Å². The van der Waals surface area contributed by atoms with Crippen LogP contribution in [0.5, 0.6) is 5.75 Å². The fraction of sp³-hybridized carbons (Fsp3) is 0.350. The zero-order valence-electron chi connectivity index (χ0n) is 15.0. The van der Waals surface area contributed by atoms with Crippen molar-refractivity contribution in [3.05, 3.63) is 72.1 Å². The van der Waals surface area contributed by atoms with Gasteiger partial charge in [0.25, 0.3) is 0 Å². The van der Waals surface area contributed by atoms with Gasteiger partial charge in [-0.05, 0) is 37.6 Å². The lowest BCUT2D eigenvalue weighted by molar-refractivity contribution is 0.228. The topological polar surface area (TPSA) is 56.1 Å².